The van der Waals surface area contributed by atoms with E-state index in [1.807, 2.05) is 25.5 Å². The third kappa shape index (κ3) is 7.03. The number of pyridine rings is 1. The third-order valence-corrected chi connectivity index (χ3v) is 7.49. The number of nitrogens with one attached hydrogen (secondary N) is 2. The van der Waals surface area contributed by atoms with E-state index in [4.69, 9.17) is 0 Å². The first-order chi connectivity index (χ1) is 16.4. The number of benzene rings is 2. The molecule has 1 aromatic heterocycles. The fourth-order valence-electron chi connectivity index (χ4n) is 4.43. The summed E-state index contributed by atoms with van der Waals surface area (Å²) in [5.41, 5.74) is 7.01. The molecule has 3 aromatic rings. The fourth-order valence-corrected chi connectivity index (χ4v) is 5.74. The smallest absolute Gasteiger partial charge is 0.319 e. The summed E-state index contributed by atoms with van der Waals surface area (Å²) in [6, 6.07) is 18.9. The van der Waals surface area contributed by atoms with Crippen LogP contribution < -0.4 is 10.6 Å². The normalized spacial score (nSPS) is 11.8. The Labute approximate surface area is 212 Å². The zero-order chi connectivity index (χ0) is 24.5. The maximum Gasteiger partial charge on any atom is 0.319 e. The molecule has 0 spiro atoms. The van der Waals surface area contributed by atoms with Gasteiger partial charge in [0.2, 0.25) is 0 Å². The second kappa shape index (κ2) is 12.9. The van der Waals surface area contributed by atoms with Gasteiger partial charge in [0.25, 0.3) is 0 Å². The van der Waals surface area contributed by atoms with Gasteiger partial charge in [0.15, 0.2) is 0 Å². The number of anilines is 1. The van der Waals surface area contributed by atoms with Crippen molar-refractivity contribution in [2.75, 3.05) is 24.4 Å². The van der Waals surface area contributed by atoms with Crippen molar-refractivity contribution in [3.63, 3.8) is 0 Å². The predicted octanol–water partition coefficient (Wildman–Crippen LogP) is 7.38. The summed E-state index contributed by atoms with van der Waals surface area (Å²) >= 11 is 3.17. The molecule has 0 fully saturated rings. The molecule has 0 radical (unpaired) electrons. The van der Waals surface area contributed by atoms with E-state index in [2.05, 4.69) is 78.0 Å². The van der Waals surface area contributed by atoms with Crippen molar-refractivity contribution < 1.29 is 4.79 Å². The van der Waals surface area contributed by atoms with Gasteiger partial charge in [0.1, 0.15) is 5.03 Å². The molecule has 4 nitrogen and oxygen atoms in total. The van der Waals surface area contributed by atoms with E-state index in [0.29, 0.717) is 6.54 Å². The van der Waals surface area contributed by atoms with E-state index in [9.17, 15) is 4.79 Å². The van der Waals surface area contributed by atoms with Crippen LogP contribution in [0.2, 0.25) is 0 Å². The van der Waals surface area contributed by atoms with Gasteiger partial charge in [-0.1, -0.05) is 48.5 Å². The Morgan fingerprint density at radius 3 is 2.32 bits per heavy atom. The SMILES string of the molecule is CSc1cc(C)nc(SC)c1NC(=O)NCC(CCCc1ccccc1)c1c(C)cccc1C. The maximum absolute atomic E-state index is 13.0. The molecule has 1 heterocycles. The number of carbonyl (C=O) groups is 1. The first-order valence-corrected chi connectivity index (χ1v) is 14.1. The van der Waals surface area contributed by atoms with Crippen LogP contribution in [0.1, 0.15) is 46.7 Å². The molecule has 2 aromatic carbocycles. The lowest BCUT2D eigenvalue weighted by atomic mass is 9.86. The lowest BCUT2D eigenvalue weighted by Crippen LogP contribution is -2.33. The van der Waals surface area contributed by atoms with Crippen LogP contribution in [0.5, 0.6) is 0 Å². The zero-order valence-electron chi connectivity index (χ0n) is 20.8. The predicted molar refractivity (Wildman–Crippen MR) is 148 cm³/mol. The van der Waals surface area contributed by atoms with Crippen LogP contribution in [-0.4, -0.2) is 30.1 Å². The van der Waals surface area contributed by atoms with Crippen molar-refractivity contribution >= 4 is 35.2 Å². The van der Waals surface area contributed by atoms with Crippen molar-refractivity contribution in [2.45, 2.75) is 55.9 Å². The standard InChI is InChI=1S/C28H35N3OS2/c1-19-11-9-12-20(2)25(19)23(16-10-15-22-13-7-6-8-14-22)18-29-28(32)31-26-24(33-4)17-21(3)30-27(26)34-5/h6-9,11-14,17,23H,10,15-16,18H2,1-5H3,(H2,29,31,32). The van der Waals surface area contributed by atoms with E-state index >= 15 is 0 Å². The molecule has 0 saturated carbocycles. The van der Waals surface area contributed by atoms with E-state index in [-0.39, 0.29) is 11.9 Å². The van der Waals surface area contributed by atoms with Crippen LogP contribution in [0.4, 0.5) is 10.5 Å². The molecule has 0 aliphatic rings. The zero-order valence-corrected chi connectivity index (χ0v) is 22.4. The van der Waals surface area contributed by atoms with Gasteiger partial charge in [-0.05, 0) is 80.9 Å². The Bertz CT molecular complexity index is 1060. The summed E-state index contributed by atoms with van der Waals surface area (Å²) < 4.78 is 0. The van der Waals surface area contributed by atoms with Gasteiger partial charge in [-0.2, -0.15) is 0 Å². The molecule has 0 aliphatic heterocycles. The van der Waals surface area contributed by atoms with Crippen LogP contribution in [0, 0.1) is 20.8 Å². The molecular weight excluding hydrogens is 458 g/mol. The lowest BCUT2D eigenvalue weighted by molar-refractivity contribution is 0.251. The summed E-state index contributed by atoms with van der Waals surface area (Å²) in [6.07, 6.45) is 7.13. The van der Waals surface area contributed by atoms with Gasteiger partial charge in [0, 0.05) is 23.1 Å². The Balaban J connectivity index is 1.72. The molecule has 2 N–H and O–H groups in total. The van der Waals surface area contributed by atoms with Crippen LogP contribution >= 0.6 is 23.5 Å². The molecule has 34 heavy (non-hydrogen) atoms. The average Bonchev–Trinajstić information content (AvgIpc) is 2.83. The average molecular weight is 494 g/mol. The molecular formula is C28H35N3OS2. The quantitative estimate of drug-likeness (QED) is 0.289. The number of amides is 2. The topological polar surface area (TPSA) is 54.0 Å². The fraction of sp³-hybridized carbons (Fsp3) is 0.357. The number of urea groups is 1. The third-order valence-electron chi connectivity index (χ3n) is 6.05. The van der Waals surface area contributed by atoms with Gasteiger partial charge in [-0.25, -0.2) is 9.78 Å². The first kappa shape index (κ1) is 26.2. The van der Waals surface area contributed by atoms with E-state index in [1.165, 1.54) is 22.3 Å². The monoisotopic (exact) mass is 493 g/mol. The van der Waals surface area contributed by atoms with Crippen molar-refractivity contribution in [3.05, 3.63) is 82.5 Å². The van der Waals surface area contributed by atoms with Gasteiger partial charge in [0.05, 0.1) is 5.69 Å². The van der Waals surface area contributed by atoms with Crippen molar-refractivity contribution in [2.24, 2.45) is 0 Å². The van der Waals surface area contributed by atoms with Gasteiger partial charge < -0.3 is 10.6 Å². The Kier molecular flexibility index (Phi) is 9.90. The highest BCUT2D eigenvalue weighted by Crippen LogP contribution is 2.34. The number of thioether (sulfide) groups is 2. The van der Waals surface area contributed by atoms with E-state index in [0.717, 1.165) is 40.6 Å². The number of nitrogens with zero attached hydrogens (tertiary/aromatic N) is 1. The molecule has 0 saturated heterocycles. The lowest BCUT2D eigenvalue weighted by Gasteiger charge is -2.23. The summed E-state index contributed by atoms with van der Waals surface area (Å²) in [4.78, 5) is 18.6. The van der Waals surface area contributed by atoms with Crippen LogP contribution in [0.3, 0.4) is 0 Å². The summed E-state index contributed by atoms with van der Waals surface area (Å²) in [7, 11) is 0. The molecule has 1 atom stereocenters. The molecule has 6 heteroatoms. The molecule has 3 rings (SSSR count). The Morgan fingerprint density at radius 2 is 1.68 bits per heavy atom. The second-order valence-electron chi connectivity index (χ2n) is 8.57. The van der Waals surface area contributed by atoms with Gasteiger partial charge in [-0.3, -0.25) is 0 Å². The van der Waals surface area contributed by atoms with Crippen molar-refractivity contribution in [1.29, 1.82) is 0 Å². The number of hydrogen-bond donors (Lipinski definition) is 2. The first-order valence-electron chi connectivity index (χ1n) is 11.7. The molecule has 2 amide bonds. The molecule has 0 aliphatic carbocycles. The largest absolute Gasteiger partial charge is 0.337 e. The van der Waals surface area contributed by atoms with Gasteiger partial charge >= 0.3 is 6.03 Å². The van der Waals surface area contributed by atoms with E-state index in [1.54, 1.807) is 23.5 Å². The molecule has 1 unspecified atom stereocenters. The van der Waals surface area contributed by atoms with Crippen LogP contribution in [-0.2, 0) is 6.42 Å². The summed E-state index contributed by atoms with van der Waals surface area (Å²) in [6.45, 7) is 6.91. The molecule has 0 bridgehead atoms. The highest BCUT2D eigenvalue weighted by atomic mass is 32.2. The Hall–Kier alpha value is -2.44. The number of rotatable bonds is 10. The van der Waals surface area contributed by atoms with Crippen LogP contribution in [0.25, 0.3) is 0 Å². The molecule has 180 valence electrons. The highest BCUT2D eigenvalue weighted by Gasteiger charge is 2.19. The number of aryl methyl sites for hydroxylation is 4. The van der Waals surface area contributed by atoms with E-state index < -0.39 is 0 Å². The van der Waals surface area contributed by atoms with Crippen LogP contribution in [0.15, 0.2) is 64.5 Å². The summed E-state index contributed by atoms with van der Waals surface area (Å²) in [5.74, 6) is 0.256. The minimum absolute atomic E-state index is 0.185. The minimum Gasteiger partial charge on any atom is -0.337 e. The minimum atomic E-state index is -0.185. The van der Waals surface area contributed by atoms with Crippen molar-refractivity contribution in [3.8, 4) is 0 Å². The number of aromatic nitrogens is 1. The second-order valence-corrected chi connectivity index (χ2v) is 10.2. The van der Waals surface area contributed by atoms with Gasteiger partial charge in [-0.15, -0.1) is 23.5 Å². The Morgan fingerprint density at radius 1 is 0.971 bits per heavy atom. The number of hydrogen-bond acceptors (Lipinski definition) is 4. The highest BCUT2D eigenvalue weighted by molar-refractivity contribution is 7.99. The summed E-state index contributed by atoms with van der Waals surface area (Å²) in [5, 5.41) is 7.07. The number of carbonyl (C=O) groups excluding carboxylic acids is 1. The maximum atomic E-state index is 13.0. The van der Waals surface area contributed by atoms with Crippen molar-refractivity contribution in [1.82, 2.24) is 10.3 Å².